The van der Waals surface area contributed by atoms with E-state index < -0.39 is 5.97 Å². The number of carbonyl (C=O) groups excluding carboxylic acids is 2. The van der Waals surface area contributed by atoms with E-state index in [0.29, 0.717) is 43.2 Å². The average molecular weight is 482 g/mol. The van der Waals surface area contributed by atoms with Gasteiger partial charge < -0.3 is 19.5 Å². The van der Waals surface area contributed by atoms with E-state index >= 15 is 0 Å². The van der Waals surface area contributed by atoms with Gasteiger partial charge in [0.05, 0.1) is 22.7 Å². The highest BCUT2D eigenvalue weighted by Crippen LogP contribution is 2.37. The second-order valence-electron chi connectivity index (χ2n) is 6.96. The third kappa shape index (κ3) is 4.46. The van der Waals surface area contributed by atoms with Crippen LogP contribution in [-0.2, 0) is 4.74 Å². The Hall–Kier alpha value is -3.68. The van der Waals surface area contributed by atoms with E-state index in [1.807, 2.05) is 23.6 Å². The molecule has 0 aliphatic carbocycles. The predicted molar refractivity (Wildman–Crippen MR) is 126 cm³/mol. The second kappa shape index (κ2) is 9.44. The van der Waals surface area contributed by atoms with Crippen LogP contribution < -0.4 is 14.8 Å². The van der Waals surface area contributed by atoms with Crippen LogP contribution in [0.5, 0.6) is 11.5 Å². The topological polar surface area (TPSA) is 111 Å². The van der Waals surface area contributed by atoms with Gasteiger partial charge in [-0.15, -0.1) is 22.7 Å². The Morgan fingerprint density at radius 3 is 2.85 bits per heavy atom. The number of ketones is 1. The van der Waals surface area contributed by atoms with E-state index in [0.717, 1.165) is 16.9 Å². The number of hydrogen-bond acceptors (Lipinski definition) is 10. The van der Waals surface area contributed by atoms with Crippen LogP contribution in [0.15, 0.2) is 29.8 Å². The number of nitrogens with zero attached hydrogens (tertiary/aromatic N) is 2. The normalized spacial score (nSPS) is 12.4. The molecule has 1 aliphatic heterocycles. The van der Waals surface area contributed by atoms with Crippen LogP contribution in [0.1, 0.15) is 44.4 Å². The number of nitriles is 1. The standard InChI is InChI=1S/C23H19N3O5S2/c1-4-29-23(28)19-12(2)20(13(3)27)33-22(19)25-9-15(8-24)21-26-16(10-32-21)14-5-6-17-18(7-14)31-11-30-17/h5-7,9-10,25H,4,11H2,1-3H3. The van der Waals surface area contributed by atoms with E-state index in [2.05, 4.69) is 16.4 Å². The number of benzene rings is 1. The number of ether oxygens (including phenoxy) is 3. The van der Waals surface area contributed by atoms with Crippen LogP contribution in [0, 0.1) is 18.3 Å². The summed E-state index contributed by atoms with van der Waals surface area (Å²) >= 11 is 2.47. The first-order valence-corrected chi connectivity index (χ1v) is 11.7. The zero-order valence-corrected chi connectivity index (χ0v) is 19.7. The molecule has 3 heterocycles. The molecule has 0 saturated heterocycles. The summed E-state index contributed by atoms with van der Waals surface area (Å²) in [6, 6.07) is 7.68. The summed E-state index contributed by atoms with van der Waals surface area (Å²) in [4.78, 5) is 29.5. The van der Waals surface area contributed by atoms with Crippen molar-refractivity contribution in [2.45, 2.75) is 20.8 Å². The van der Waals surface area contributed by atoms with Gasteiger partial charge in [0.1, 0.15) is 21.7 Å². The van der Waals surface area contributed by atoms with E-state index in [4.69, 9.17) is 14.2 Å². The summed E-state index contributed by atoms with van der Waals surface area (Å²) in [6.07, 6.45) is 1.49. The van der Waals surface area contributed by atoms with Gasteiger partial charge in [-0.2, -0.15) is 5.26 Å². The lowest BCUT2D eigenvalue weighted by Crippen LogP contribution is -2.08. The first-order chi connectivity index (χ1) is 15.9. The minimum Gasteiger partial charge on any atom is -0.462 e. The molecule has 168 valence electrons. The Balaban J connectivity index is 1.62. The number of rotatable bonds is 7. The fraction of sp³-hybridized carbons (Fsp3) is 0.217. The molecule has 0 radical (unpaired) electrons. The van der Waals surface area contributed by atoms with Crippen molar-refractivity contribution in [3.63, 3.8) is 0 Å². The van der Waals surface area contributed by atoms with Crippen LogP contribution >= 0.6 is 22.7 Å². The number of carbonyl (C=O) groups is 2. The maximum Gasteiger partial charge on any atom is 0.341 e. The Morgan fingerprint density at radius 2 is 2.12 bits per heavy atom. The van der Waals surface area contributed by atoms with Gasteiger partial charge in [0.25, 0.3) is 0 Å². The van der Waals surface area contributed by atoms with Gasteiger partial charge in [0.2, 0.25) is 6.79 Å². The van der Waals surface area contributed by atoms with Crippen molar-refractivity contribution < 1.29 is 23.8 Å². The van der Waals surface area contributed by atoms with Gasteiger partial charge >= 0.3 is 5.97 Å². The van der Waals surface area contributed by atoms with Gasteiger partial charge in [-0.25, -0.2) is 9.78 Å². The van der Waals surface area contributed by atoms with Gasteiger partial charge in [0.15, 0.2) is 17.3 Å². The van der Waals surface area contributed by atoms with Crippen LogP contribution in [-0.4, -0.2) is 30.1 Å². The summed E-state index contributed by atoms with van der Waals surface area (Å²) in [5.74, 6) is 0.673. The molecule has 1 aliphatic rings. The first kappa shape index (κ1) is 22.5. The lowest BCUT2D eigenvalue weighted by molar-refractivity contribution is 0.0527. The molecule has 2 aromatic heterocycles. The number of thiophene rings is 1. The van der Waals surface area contributed by atoms with Gasteiger partial charge in [-0.05, 0) is 44.5 Å². The fourth-order valence-electron chi connectivity index (χ4n) is 3.27. The molecule has 0 atom stereocenters. The molecule has 0 unspecified atom stereocenters. The molecule has 0 fully saturated rings. The predicted octanol–water partition coefficient (Wildman–Crippen LogP) is 5.26. The zero-order valence-electron chi connectivity index (χ0n) is 18.1. The summed E-state index contributed by atoms with van der Waals surface area (Å²) in [5.41, 5.74) is 2.68. The zero-order chi connectivity index (χ0) is 23.5. The molecule has 0 amide bonds. The third-order valence-electron chi connectivity index (χ3n) is 4.82. The van der Waals surface area contributed by atoms with Crippen LogP contribution in [0.3, 0.4) is 0 Å². The van der Waals surface area contributed by atoms with Crippen molar-refractivity contribution >= 4 is 45.0 Å². The number of aromatic nitrogens is 1. The van der Waals surface area contributed by atoms with E-state index in [1.165, 1.54) is 24.5 Å². The molecule has 33 heavy (non-hydrogen) atoms. The molecule has 10 heteroatoms. The van der Waals surface area contributed by atoms with Gasteiger partial charge in [-0.3, -0.25) is 4.79 Å². The molecule has 4 rings (SSSR count). The number of thiazole rings is 1. The van der Waals surface area contributed by atoms with Crippen molar-refractivity contribution in [3.8, 4) is 28.8 Å². The number of Topliss-reactive ketones (excluding diaryl/α,β-unsaturated/α-hetero) is 1. The maximum absolute atomic E-state index is 12.5. The highest BCUT2D eigenvalue weighted by atomic mass is 32.1. The maximum atomic E-state index is 12.5. The highest BCUT2D eigenvalue weighted by molar-refractivity contribution is 7.18. The van der Waals surface area contributed by atoms with Crippen molar-refractivity contribution in [1.82, 2.24) is 4.98 Å². The molecule has 0 bridgehead atoms. The van der Waals surface area contributed by atoms with E-state index in [1.54, 1.807) is 13.8 Å². The molecular weight excluding hydrogens is 462 g/mol. The van der Waals surface area contributed by atoms with E-state index in [-0.39, 0.29) is 24.8 Å². The molecule has 3 aromatic rings. The molecule has 0 spiro atoms. The smallest absolute Gasteiger partial charge is 0.341 e. The molecule has 0 saturated carbocycles. The highest BCUT2D eigenvalue weighted by Gasteiger charge is 2.24. The van der Waals surface area contributed by atoms with Crippen LogP contribution in [0.4, 0.5) is 5.00 Å². The second-order valence-corrected chi connectivity index (χ2v) is 8.84. The summed E-state index contributed by atoms with van der Waals surface area (Å²) in [6.45, 7) is 5.27. The summed E-state index contributed by atoms with van der Waals surface area (Å²) < 4.78 is 15.9. The lowest BCUT2D eigenvalue weighted by atomic mass is 10.1. The number of esters is 1. The van der Waals surface area contributed by atoms with Crippen LogP contribution in [0.25, 0.3) is 16.8 Å². The minimum atomic E-state index is -0.521. The Morgan fingerprint density at radius 1 is 1.33 bits per heavy atom. The third-order valence-corrected chi connectivity index (χ3v) is 7.02. The number of hydrogen-bond donors (Lipinski definition) is 1. The number of fused-ring (bicyclic) bond motifs is 1. The largest absolute Gasteiger partial charge is 0.462 e. The van der Waals surface area contributed by atoms with Gasteiger partial charge in [0, 0.05) is 17.1 Å². The van der Waals surface area contributed by atoms with Crippen molar-refractivity contribution in [2.75, 3.05) is 18.7 Å². The number of allylic oxidation sites excluding steroid dienone is 1. The average Bonchev–Trinajstić information content (AvgIpc) is 3.52. The number of nitrogens with one attached hydrogen (secondary N) is 1. The quantitative estimate of drug-likeness (QED) is 0.276. The first-order valence-electron chi connectivity index (χ1n) is 9.97. The monoisotopic (exact) mass is 481 g/mol. The molecule has 1 N–H and O–H groups in total. The summed E-state index contributed by atoms with van der Waals surface area (Å²) in [5, 5.41) is 15.5. The SMILES string of the molecule is CCOC(=O)c1c(NC=C(C#N)c2nc(-c3ccc4c(c3)OCO4)cs2)sc(C(C)=O)c1C. The minimum absolute atomic E-state index is 0.145. The fourth-order valence-corrected chi connectivity index (χ4v) is 5.12. The molecule has 8 nitrogen and oxygen atoms in total. The Kier molecular flexibility index (Phi) is 6.44. The number of anilines is 1. The summed E-state index contributed by atoms with van der Waals surface area (Å²) in [7, 11) is 0. The Bertz CT molecular complexity index is 1320. The molecular formula is C23H19N3O5S2. The van der Waals surface area contributed by atoms with Gasteiger partial charge in [-0.1, -0.05) is 0 Å². The lowest BCUT2D eigenvalue weighted by Gasteiger charge is -2.05. The van der Waals surface area contributed by atoms with Crippen molar-refractivity contribution in [1.29, 1.82) is 5.26 Å². The van der Waals surface area contributed by atoms with Crippen LogP contribution in [0.2, 0.25) is 0 Å². The Labute approximate surface area is 198 Å². The van der Waals surface area contributed by atoms with E-state index in [9.17, 15) is 14.9 Å². The molecule has 1 aromatic carbocycles. The van der Waals surface area contributed by atoms with Crippen molar-refractivity contribution in [2.24, 2.45) is 0 Å². The van der Waals surface area contributed by atoms with Crippen molar-refractivity contribution in [3.05, 3.63) is 50.8 Å².